The summed E-state index contributed by atoms with van der Waals surface area (Å²) in [5, 5.41) is 4.37. The number of hydrogen-bond donors (Lipinski definition) is 1. The average Bonchev–Trinajstić information content (AvgIpc) is 3.01. The van der Waals surface area contributed by atoms with Crippen LogP contribution in [0.3, 0.4) is 0 Å². The Bertz CT molecular complexity index is 851. The van der Waals surface area contributed by atoms with Crippen LogP contribution < -0.4 is 10.1 Å². The molecule has 2 heterocycles. The Morgan fingerprint density at radius 3 is 2.80 bits per heavy atom. The first-order valence-electron chi connectivity index (χ1n) is 7.63. The highest BCUT2D eigenvalue weighted by atomic mass is 35.5. The molecule has 0 bridgehead atoms. The lowest BCUT2D eigenvalue weighted by molar-refractivity contribution is -0.123. The maximum Gasteiger partial charge on any atom is 0.258 e. The second-order valence-corrected chi connectivity index (χ2v) is 6.81. The number of amides is 1. The average molecular weight is 374 g/mol. The van der Waals surface area contributed by atoms with Crippen LogP contribution in [0.2, 0.25) is 5.02 Å². The lowest BCUT2D eigenvalue weighted by Gasteiger charge is -2.07. The van der Waals surface area contributed by atoms with Gasteiger partial charge in [-0.1, -0.05) is 11.6 Å². The largest absolute Gasteiger partial charge is 0.484 e. The summed E-state index contributed by atoms with van der Waals surface area (Å²) in [6.45, 7) is 2.31. The summed E-state index contributed by atoms with van der Waals surface area (Å²) in [4.78, 5) is 21.6. The van der Waals surface area contributed by atoms with Gasteiger partial charge in [0.1, 0.15) is 10.8 Å². The Morgan fingerprint density at radius 2 is 2.08 bits per heavy atom. The number of ether oxygens (including phenoxy) is 1. The summed E-state index contributed by atoms with van der Waals surface area (Å²) >= 11 is 7.36. The van der Waals surface area contributed by atoms with Gasteiger partial charge in [0, 0.05) is 27.9 Å². The topological polar surface area (TPSA) is 64.1 Å². The molecule has 2 aromatic heterocycles. The summed E-state index contributed by atoms with van der Waals surface area (Å²) in [5.41, 5.74) is 1.88. The minimum absolute atomic E-state index is 0.0467. The third-order valence-electron chi connectivity index (χ3n) is 3.43. The zero-order chi connectivity index (χ0) is 17.6. The highest BCUT2D eigenvalue weighted by Gasteiger charge is 2.11. The van der Waals surface area contributed by atoms with Crippen molar-refractivity contribution in [1.82, 2.24) is 15.3 Å². The molecule has 0 radical (unpaired) electrons. The maximum absolute atomic E-state index is 12.0. The van der Waals surface area contributed by atoms with E-state index in [1.54, 1.807) is 48.0 Å². The first-order chi connectivity index (χ1) is 12.1. The lowest BCUT2D eigenvalue weighted by Crippen LogP contribution is -2.28. The van der Waals surface area contributed by atoms with E-state index in [1.165, 1.54) is 0 Å². The molecule has 128 valence electrons. The number of carbonyl (C=O) groups is 1. The first kappa shape index (κ1) is 17.4. The summed E-state index contributed by atoms with van der Waals surface area (Å²) in [6, 6.07) is 10.7. The highest BCUT2D eigenvalue weighted by Crippen LogP contribution is 2.27. The molecule has 3 rings (SSSR count). The third-order valence-corrected chi connectivity index (χ3v) is 4.89. The Labute approximate surface area is 154 Å². The number of aromatic nitrogens is 2. The molecule has 0 aliphatic rings. The maximum atomic E-state index is 12.0. The minimum Gasteiger partial charge on any atom is -0.484 e. The van der Waals surface area contributed by atoms with E-state index in [1.807, 2.05) is 19.1 Å². The molecule has 5 nitrogen and oxygen atoms in total. The Kier molecular flexibility index (Phi) is 5.63. The van der Waals surface area contributed by atoms with E-state index in [-0.39, 0.29) is 12.5 Å². The van der Waals surface area contributed by atoms with E-state index in [4.69, 9.17) is 16.3 Å². The number of halogens is 1. The standard InChI is InChI=1S/C18H16ClN3O2S/c1-12-16(25-18(22-12)13-3-2-8-20-9-13)10-21-17(23)11-24-15-6-4-14(19)5-7-15/h2-9H,10-11H2,1H3,(H,21,23). The van der Waals surface area contributed by atoms with Crippen molar-refractivity contribution in [3.8, 4) is 16.3 Å². The van der Waals surface area contributed by atoms with E-state index in [0.717, 1.165) is 21.1 Å². The second kappa shape index (κ2) is 8.09. The minimum atomic E-state index is -0.189. The van der Waals surface area contributed by atoms with Crippen LogP contribution in [0, 0.1) is 6.92 Å². The number of rotatable bonds is 6. The zero-order valence-corrected chi connectivity index (χ0v) is 15.1. The van der Waals surface area contributed by atoms with Gasteiger partial charge in [-0.25, -0.2) is 4.98 Å². The van der Waals surface area contributed by atoms with Gasteiger partial charge in [-0.05, 0) is 43.3 Å². The summed E-state index contributed by atoms with van der Waals surface area (Å²) in [6.07, 6.45) is 3.51. The predicted molar refractivity (Wildman–Crippen MR) is 98.9 cm³/mol. The van der Waals surface area contributed by atoms with Crippen LogP contribution in [0.1, 0.15) is 10.6 Å². The third kappa shape index (κ3) is 4.78. The monoisotopic (exact) mass is 373 g/mol. The fourth-order valence-corrected chi connectivity index (χ4v) is 3.23. The fourth-order valence-electron chi connectivity index (χ4n) is 2.11. The van der Waals surface area contributed by atoms with Gasteiger partial charge >= 0.3 is 0 Å². The van der Waals surface area contributed by atoms with Crippen molar-refractivity contribution < 1.29 is 9.53 Å². The predicted octanol–water partition coefficient (Wildman–Crippen LogP) is 3.86. The summed E-state index contributed by atoms with van der Waals surface area (Å²) in [5.74, 6) is 0.415. The number of pyridine rings is 1. The van der Waals surface area contributed by atoms with Crippen molar-refractivity contribution in [2.24, 2.45) is 0 Å². The van der Waals surface area contributed by atoms with Gasteiger partial charge < -0.3 is 10.1 Å². The van der Waals surface area contributed by atoms with Crippen molar-refractivity contribution in [3.63, 3.8) is 0 Å². The Balaban J connectivity index is 1.53. The van der Waals surface area contributed by atoms with Gasteiger partial charge in [-0.2, -0.15) is 0 Å². The molecule has 1 amide bonds. The Morgan fingerprint density at radius 1 is 1.28 bits per heavy atom. The number of nitrogens with one attached hydrogen (secondary N) is 1. The van der Waals surface area contributed by atoms with Gasteiger partial charge in [0.05, 0.1) is 12.2 Å². The molecule has 1 aromatic carbocycles. The molecule has 0 aliphatic heterocycles. The molecule has 0 saturated carbocycles. The van der Waals surface area contributed by atoms with Crippen LogP contribution in [0.15, 0.2) is 48.8 Å². The molecule has 25 heavy (non-hydrogen) atoms. The van der Waals surface area contributed by atoms with E-state index >= 15 is 0 Å². The molecule has 0 saturated heterocycles. The summed E-state index contributed by atoms with van der Waals surface area (Å²) in [7, 11) is 0. The molecule has 0 spiro atoms. The van der Waals surface area contributed by atoms with Crippen LogP contribution in [-0.4, -0.2) is 22.5 Å². The summed E-state index contributed by atoms with van der Waals surface area (Å²) < 4.78 is 5.42. The van der Waals surface area contributed by atoms with Crippen LogP contribution in [0.5, 0.6) is 5.75 Å². The van der Waals surface area contributed by atoms with E-state index < -0.39 is 0 Å². The number of hydrogen-bond acceptors (Lipinski definition) is 5. The zero-order valence-electron chi connectivity index (χ0n) is 13.5. The molecule has 0 aliphatic carbocycles. The molecular weight excluding hydrogens is 358 g/mol. The molecule has 0 unspecified atom stereocenters. The van der Waals surface area contributed by atoms with Crippen LogP contribution in [0.4, 0.5) is 0 Å². The highest BCUT2D eigenvalue weighted by molar-refractivity contribution is 7.15. The van der Waals surface area contributed by atoms with E-state index in [2.05, 4.69) is 15.3 Å². The van der Waals surface area contributed by atoms with Gasteiger partial charge in [0.25, 0.3) is 5.91 Å². The van der Waals surface area contributed by atoms with Crippen molar-refractivity contribution in [1.29, 1.82) is 0 Å². The smallest absolute Gasteiger partial charge is 0.258 e. The lowest BCUT2D eigenvalue weighted by atomic mass is 10.3. The molecule has 0 fully saturated rings. The second-order valence-electron chi connectivity index (χ2n) is 5.29. The number of aryl methyl sites for hydroxylation is 1. The number of benzene rings is 1. The number of nitrogens with zero attached hydrogens (tertiary/aromatic N) is 2. The van der Waals surface area contributed by atoms with Gasteiger partial charge in [-0.3, -0.25) is 9.78 Å². The van der Waals surface area contributed by atoms with Crippen molar-refractivity contribution in [3.05, 3.63) is 64.4 Å². The van der Waals surface area contributed by atoms with E-state index in [9.17, 15) is 4.79 Å². The molecule has 7 heteroatoms. The number of thiazole rings is 1. The van der Waals surface area contributed by atoms with Crippen LogP contribution in [0.25, 0.3) is 10.6 Å². The number of carbonyl (C=O) groups excluding carboxylic acids is 1. The van der Waals surface area contributed by atoms with Gasteiger partial charge in [-0.15, -0.1) is 11.3 Å². The Hall–Kier alpha value is -2.44. The molecule has 1 N–H and O–H groups in total. The van der Waals surface area contributed by atoms with Gasteiger partial charge in [0.2, 0.25) is 0 Å². The van der Waals surface area contributed by atoms with Gasteiger partial charge in [0.15, 0.2) is 6.61 Å². The van der Waals surface area contributed by atoms with Crippen LogP contribution in [-0.2, 0) is 11.3 Å². The SMILES string of the molecule is Cc1nc(-c2cccnc2)sc1CNC(=O)COc1ccc(Cl)cc1. The normalized spacial score (nSPS) is 10.5. The van der Waals surface area contributed by atoms with Crippen molar-refractivity contribution in [2.75, 3.05) is 6.61 Å². The van der Waals surface area contributed by atoms with E-state index in [0.29, 0.717) is 17.3 Å². The van der Waals surface area contributed by atoms with Crippen molar-refractivity contribution in [2.45, 2.75) is 13.5 Å². The fraction of sp³-hybridized carbons (Fsp3) is 0.167. The molecular formula is C18H16ClN3O2S. The molecule has 3 aromatic rings. The van der Waals surface area contributed by atoms with Crippen LogP contribution >= 0.6 is 22.9 Å². The van der Waals surface area contributed by atoms with Crippen molar-refractivity contribution >= 4 is 28.8 Å². The quantitative estimate of drug-likeness (QED) is 0.712. The first-order valence-corrected chi connectivity index (χ1v) is 8.83. The molecule has 0 atom stereocenters.